The van der Waals surface area contributed by atoms with Crippen LogP contribution in [-0.4, -0.2) is 68.5 Å². The number of unbranched alkanes of at least 4 members (excludes halogenated alkanes) is 22. The Morgan fingerprint density at radius 1 is 0.537 bits per heavy atom. The van der Waals surface area contributed by atoms with Crippen molar-refractivity contribution in [3.8, 4) is 0 Å². The molecule has 0 aliphatic heterocycles. The first-order chi connectivity index (χ1) is 32.5. The SMILES string of the molecule is CC/C=C\C/C=C\C/C=C\C/C=C\C/C=C\C/C=C\C/C=C\CCCCCCCCCCCCCCCCCCCCCC(=O)NC(COP(=O)([O-])OCC[N+](C)(C)C)C(O)CCCCCC. The summed E-state index contributed by atoms with van der Waals surface area (Å²) in [4.78, 5) is 25.1. The van der Waals surface area contributed by atoms with Gasteiger partial charge in [0.25, 0.3) is 7.82 Å². The molecule has 3 unspecified atom stereocenters. The minimum Gasteiger partial charge on any atom is -0.756 e. The Hall–Kier alpha value is -2.32. The first kappa shape index (κ1) is 64.7. The summed E-state index contributed by atoms with van der Waals surface area (Å²) in [5.41, 5.74) is 0. The molecule has 3 atom stereocenters. The van der Waals surface area contributed by atoms with E-state index in [0.29, 0.717) is 23.9 Å². The van der Waals surface area contributed by atoms with Crippen molar-refractivity contribution in [2.45, 2.75) is 238 Å². The molecule has 0 bridgehead atoms. The van der Waals surface area contributed by atoms with Crippen molar-refractivity contribution in [1.29, 1.82) is 0 Å². The van der Waals surface area contributed by atoms with E-state index in [0.717, 1.165) is 89.9 Å². The van der Waals surface area contributed by atoms with Gasteiger partial charge in [-0.1, -0.05) is 234 Å². The molecule has 0 aliphatic rings. The highest BCUT2D eigenvalue weighted by atomic mass is 31.2. The lowest BCUT2D eigenvalue weighted by atomic mass is 10.0. The molecule has 0 aromatic carbocycles. The summed E-state index contributed by atoms with van der Waals surface area (Å²) in [5.74, 6) is -0.174. The number of aliphatic hydroxyl groups excluding tert-OH is 1. The Labute approximate surface area is 414 Å². The molecule has 0 fully saturated rings. The number of quaternary nitrogens is 1. The second-order valence-electron chi connectivity index (χ2n) is 19.6. The molecular formula is C58H105N2O6P. The molecular weight excluding hydrogens is 852 g/mol. The van der Waals surface area contributed by atoms with E-state index in [1.807, 2.05) is 21.1 Å². The highest BCUT2D eigenvalue weighted by molar-refractivity contribution is 7.45. The van der Waals surface area contributed by atoms with E-state index in [9.17, 15) is 19.4 Å². The van der Waals surface area contributed by atoms with Gasteiger partial charge in [0.1, 0.15) is 13.2 Å². The summed E-state index contributed by atoms with van der Waals surface area (Å²) in [6, 6.07) is -0.797. The fourth-order valence-corrected chi connectivity index (χ4v) is 8.33. The normalized spacial score (nSPS) is 14.7. The van der Waals surface area contributed by atoms with Gasteiger partial charge in [0.2, 0.25) is 5.91 Å². The zero-order chi connectivity index (χ0) is 49.2. The van der Waals surface area contributed by atoms with Gasteiger partial charge in [0.05, 0.1) is 39.9 Å². The molecule has 0 saturated carbocycles. The topological polar surface area (TPSA) is 108 Å². The number of allylic oxidation sites excluding steroid dienone is 14. The summed E-state index contributed by atoms with van der Waals surface area (Å²) in [6.07, 6.45) is 68.5. The molecule has 67 heavy (non-hydrogen) atoms. The molecule has 0 aliphatic carbocycles. The minimum absolute atomic E-state index is 0.00974. The van der Waals surface area contributed by atoms with E-state index in [4.69, 9.17) is 9.05 Å². The largest absolute Gasteiger partial charge is 0.756 e. The minimum atomic E-state index is -4.55. The van der Waals surface area contributed by atoms with E-state index < -0.39 is 20.0 Å². The van der Waals surface area contributed by atoms with E-state index >= 15 is 0 Å². The van der Waals surface area contributed by atoms with Crippen LogP contribution in [0.25, 0.3) is 0 Å². The van der Waals surface area contributed by atoms with Crippen LogP contribution in [0.5, 0.6) is 0 Å². The number of carbonyl (C=O) groups excluding carboxylic acids is 1. The fourth-order valence-electron chi connectivity index (χ4n) is 7.61. The predicted molar refractivity (Wildman–Crippen MR) is 288 cm³/mol. The van der Waals surface area contributed by atoms with Crippen LogP contribution in [-0.2, 0) is 18.4 Å². The molecule has 0 heterocycles. The van der Waals surface area contributed by atoms with Crippen molar-refractivity contribution in [1.82, 2.24) is 5.32 Å². The molecule has 9 heteroatoms. The molecule has 8 nitrogen and oxygen atoms in total. The lowest BCUT2D eigenvalue weighted by Gasteiger charge is -2.30. The van der Waals surface area contributed by atoms with Gasteiger partial charge in [-0.05, 0) is 70.6 Å². The third-order valence-corrected chi connectivity index (χ3v) is 12.9. The maximum Gasteiger partial charge on any atom is 0.268 e. The number of nitrogens with zero attached hydrogens (tertiary/aromatic N) is 1. The van der Waals surface area contributed by atoms with Crippen LogP contribution in [0.15, 0.2) is 85.1 Å². The predicted octanol–water partition coefficient (Wildman–Crippen LogP) is 15.8. The number of phosphoric ester groups is 1. The molecule has 1 amide bonds. The number of likely N-dealkylation sites (N-methyl/N-ethyl adjacent to an activating group) is 1. The van der Waals surface area contributed by atoms with Crippen LogP contribution in [0.2, 0.25) is 0 Å². The number of amides is 1. The number of hydrogen-bond acceptors (Lipinski definition) is 6. The van der Waals surface area contributed by atoms with Crippen LogP contribution < -0.4 is 10.2 Å². The number of hydrogen-bond donors (Lipinski definition) is 2. The number of nitrogens with one attached hydrogen (secondary N) is 1. The van der Waals surface area contributed by atoms with Gasteiger partial charge < -0.3 is 28.8 Å². The highest BCUT2D eigenvalue weighted by Gasteiger charge is 2.24. The molecule has 0 rings (SSSR count). The highest BCUT2D eigenvalue weighted by Crippen LogP contribution is 2.38. The average Bonchev–Trinajstić information content (AvgIpc) is 3.29. The Kier molecular flexibility index (Phi) is 47.0. The average molecular weight is 957 g/mol. The van der Waals surface area contributed by atoms with Crippen LogP contribution >= 0.6 is 7.82 Å². The second-order valence-corrected chi connectivity index (χ2v) is 21.0. The number of aliphatic hydroxyl groups is 1. The lowest BCUT2D eigenvalue weighted by Crippen LogP contribution is -2.46. The van der Waals surface area contributed by atoms with Crippen LogP contribution in [0.3, 0.4) is 0 Å². The zero-order valence-corrected chi connectivity index (χ0v) is 45.0. The van der Waals surface area contributed by atoms with Gasteiger partial charge in [-0.2, -0.15) is 0 Å². The molecule has 388 valence electrons. The van der Waals surface area contributed by atoms with Crippen molar-refractivity contribution in [2.24, 2.45) is 0 Å². The Bertz CT molecular complexity index is 1360. The van der Waals surface area contributed by atoms with Crippen LogP contribution in [0.1, 0.15) is 226 Å². The van der Waals surface area contributed by atoms with Gasteiger partial charge in [-0.15, -0.1) is 0 Å². The monoisotopic (exact) mass is 957 g/mol. The van der Waals surface area contributed by atoms with E-state index in [-0.39, 0.29) is 19.1 Å². The fraction of sp³-hybridized carbons (Fsp3) is 0.741. The summed E-state index contributed by atoms with van der Waals surface area (Å²) in [6.45, 7) is 4.47. The van der Waals surface area contributed by atoms with Gasteiger partial charge in [0, 0.05) is 6.42 Å². The quantitative estimate of drug-likeness (QED) is 0.0272. The molecule has 0 aromatic rings. The van der Waals surface area contributed by atoms with Crippen molar-refractivity contribution in [2.75, 3.05) is 40.9 Å². The number of rotatable bonds is 49. The zero-order valence-electron chi connectivity index (χ0n) is 44.1. The van der Waals surface area contributed by atoms with Crippen LogP contribution in [0, 0.1) is 0 Å². The van der Waals surface area contributed by atoms with Crippen LogP contribution in [0.4, 0.5) is 0 Å². The van der Waals surface area contributed by atoms with Gasteiger partial charge in [-0.3, -0.25) is 9.36 Å². The second kappa shape index (κ2) is 48.7. The molecule has 0 radical (unpaired) electrons. The van der Waals surface area contributed by atoms with E-state index in [1.165, 1.54) is 109 Å². The van der Waals surface area contributed by atoms with Crippen molar-refractivity contribution in [3.05, 3.63) is 85.1 Å². The smallest absolute Gasteiger partial charge is 0.268 e. The molecule has 0 saturated heterocycles. The molecule has 2 N–H and O–H groups in total. The Morgan fingerprint density at radius 2 is 0.910 bits per heavy atom. The standard InChI is InChI=1S/C58H105N2O6P/c1-6-8-10-12-13-14-15-16-17-18-19-20-21-22-23-24-25-26-27-28-29-30-31-32-33-34-35-36-37-38-39-40-41-42-43-44-45-46-47-48-50-52-58(62)59-56(57(61)51-49-11-9-7-2)55-66-67(63,64)65-54-53-60(3,4)5/h8,10,13-14,16-17,19-20,22-23,25-26,28-29,56-57,61H,6-7,9,11-12,15,18,21,24,27,30-55H2,1-5H3,(H-,59,62,63,64)/b10-8-,14-13-,17-16-,20-19-,23-22-,26-25-,29-28-. The van der Waals surface area contributed by atoms with E-state index in [1.54, 1.807) is 0 Å². The third-order valence-electron chi connectivity index (χ3n) is 11.9. The maximum atomic E-state index is 12.8. The number of carbonyl (C=O) groups is 1. The van der Waals surface area contributed by atoms with Gasteiger partial charge in [-0.25, -0.2) is 0 Å². The third kappa shape index (κ3) is 51.4. The summed E-state index contributed by atoms with van der Waals surface area (Å²) >= 11 is 0. The summed E-state index contributed by atoms with van der Waals surface area (Å²) < 4.78 is 23.1. The summed E-state index contributed by atoms with van der Waals surface area (Å²) in [7, 11) is 1.30. The number of phosphoric acid groups is 1. The molecule has 0 aromatic heterocycles. The van der Waals surface area contributed by atoms with Crippen molar-refractivity contribution >= 4 is 13.7 Å². The first-order valence-electron chi connectivity index (χ1n) is 27.4. The van der Waals surface area contributed by atoms with Crippen molar-refractivity contribution < 1.29 is 32.9 Å². The molecule has 0 spiro atoms. The van der Waals surface area contributed by atoms with Crippen molar-refractivity contribution in [3.63, 3.8) is 0 Å². The van der Waals surface area contributed by atoms with Gasteiger partial charge in [0.15, 0.2) is 0 Å². The van der Waals surface area contributed by atoms with Gasteiger partial charge >= 0.3 is 0 Å². The lowest BCUT2D eigenvalue weighted by molar-refractivity contribution is -0.870. The Morgan fingerprint density at radius 3 is 1.31 bits per heavy atom. The summed E-state index contributed by atoms with van der Waals surface area (Å²) in [5, 5.41) is 13.7. The van der Waals surface area contributed by atoms with E-state index in [2.05, 4.69) is 104 Å². The Balaban J connectivity index is 3.71. The first-order valence-corrected chi connectivity index (χ1v) is 28.9. The maximum absolute atomic E-state index is 12.8.